The topological polar surface area (TPSA) is 83.0 Å². The van der Waals surface area contributed by atoms with Gasteiger partial charge in [0.2, 0.25) is 5.91 Å². The Balaban J connectivity index is 2.07. The molecule has 1 heterocycles. The van der Waals surface area contributed by atoms with Crippen molar-refractivity contribution in [1.29, 1.82) is 0 Å². The molecule has 1 aromatic carbocycles. The van der Waals surface area contributed by atoms with E-state index >= 15 is 0 Å². The Morgan fingerprint density at radius 1 is 1.50 bits per heavy atom. The fourth-order valence-electron chi connectivity index (χ4n) is 1.72. The molecular weight excluding hydrogens is 331 g/mol. The highest BCUT2D eigenvalue weighted by molar-refractivity contribution is 7.99. The monoisotopic (exact) mass is 344 g/mol. The normalized spacial score (nSPS) is 10.7. The van der Waals surface area contributed by atoms with Crippen molar-refractivity contribution < 1.29 is 13.9 Å². The van der Waals surface area contributed by atoms with Crippen molar-refractivity contribution in [2.75, 3.05) is 5.75 Å². The fraction of sp³-hybridized carbons (Fsp3) is 0.308. The molecule has 0 unspecified atom stereocenters. The third kappa shape index (κ3) is 4.11. The van der Waals surface area contributed by atoms with Gasteiger partial charge in [0.25, 0.3) is 0 Å². The van der Waals surface area contributed by atoms with Gasteiger partial charge in [-0.15, -0.1) is 10.2 Å². The number of carbonyl (C=O) groups is 1. The van der Waals surface area contributed by atoms with E-state index in [9.17, 15) is 9.18 Å². The number of benzene rings is 1. The number of primary amides is 1. The highest BCUT2D eigenvalue weighted by Gasteiger charge is 2.13. The summed E-state index contributed by atoms with van der Waals surface area (Å²) in [5.41, 5.74) is 5.11. The molecule has 0 bridgehead atoms. The van der Waals surface area contributed by atoms with Crippen LogP contribution in [-0.2, 0) is 17.9 Å². The summed E-state index contributed by atoms with van der Waals surface area (Å²) in [6, 6.07) is 3.89. The molecule has 0 aliphatic carbocycles. The quantitative estimate of drug-likeness (QED) is 0.779. The van der Waals surface area contributed by atoms with Crippen LogP contribution < -0.4 is 10.5 Å². The van der Waals surface area contributed by atoms with Crippen LogP contribution >= 0.6 is 23.4 Å². The van der Waals surface area contributed by atoms with E-state index in [4.69, 9.17) is 22.1 Å². The van der Waals surface area contributed by atoms with E-state index in [1.807, 2.05) is 11.5 Å². The number of rotatable bonds is 7. The van der Waals surface area contributed by atoms with Crippen LogP contribution in [0.5, 0.6) is 5.75 Å². The van der Waals surface area contributed by atoms with Crippen molar-refractivity contribution in [3.63, 3.8) is 0 Å². The number of nitrogens with zero attached hydrogens (tertiary/aromatic N) is 3. The standard InChI is InChI=1S/C13H14ClFN4O2S/c1-2-19-12(17-18-13(19)22-7-11(16)20)6-21-10-4-3-8(15)5-9(10)14/h3-5H,2,6-7H2,1H3,(H2,16,20). The van der Waals surface area contributed by atoms with E-state index in [1.54, 1.807) is 0 Å². The number of hydrogen-bond donors (Lipinski definition) is 1. The first kappa shape index (κ1) is 16.6. The van der Waals surface area contributed by atoms with E-state index < -0.39 is 11.7 Å². The Labute approximate surface area is 135 Å². The Morgan fingerprint density at radius 2 is 2.27 bits per heavy atom. The average molecular weight is 345 g/mol. The molecule has 2 N–H and O–H groups in total. The maximum absolute atomic E-state index is 13.0. The molecule has 6 nitrogen and oxygen atoms in total. The first-order valence-electron chi connectivity index (χ1n) is 6.42. The Morgan fingerprint density at radius 3 is 2.91 bits per heavy atom. The Kier molecular flexibility index (Phi) is 5.62. The molecule has 118 valence electrons. The fourth-order valence-corrected chi connectivity index (χ4v) is 2.70. The smallest absolute Gasteiger partial charge is 0.227 e. The van der Waals surface area contributed by atoms with Gasteiger partial charge in [-0.2, -0.15) is 0 Å². The van der Waals surface area contributed by atoms with Gasteiger partial charge in [0.15, 0.2) is 11.0 Å². The van der Waals surface area contributed by atoms with Crippen LogP contribution in [0.3, 0.4) is 0 Å². The average Bonchev–Trinajstić information content (AvgIpc) is 2.86. The largest absolute Gasteiger partial charge is 0.484 e. The molecule has 2 aromatic rings. The maximum Gasteiger partial charge on any atom is 0.227 e. The van der Waals surface area contributed by atoms with Gasteiger partial charge in [-0.25, -0.2) is 4.39 Å². The summed E-state index contributed by atoms with van der Waals surface area (Å²) in [5.74, 6) is 0.212. The lowest BCUT2D eigenvalue weighted by molar-refractivity contribution is -0.115. The molecule has 1 aromatic heterocycles. The number of aromatic nitrogens is 3. The number of thioether (sulfide) groups is 1. The van der Waals surface area contributed by atoms with Crippen molar-refractivity contribution >= 4 is 29.3 Å². The third-order valence-electron chi connectivity index (χ3n) is 2.70. The molecule has 1 amide bonds. The van der Waals surface area contributed by atoms with Gasteiger partial charge in [0.05, 0.1) is 10.8 Å². The zero-order valence-corrected chi connectivity index (χ0v) is 13.3. The predicted molar refractivity (Wildman–Crippen MR) is 81.4 cm³/mol. The van der Waals surface area contributed by atoms with E-state index in [2.05, 4.69) is 10.2 Å². The van der Waals surface area contributed by atoms with Crippen LogP contribution in [0.4, 0.5) is 4.39 Å². The first-order valence-corrected chi connectivity index (χ1v) is 7.78. The number of nitrogens with two attached hydrogens (primary N) is 1. The summed E-state index contributed by atoms with van der Waals surface area (Å²) in [7, 11) is 0. The zero-order chi connectivity index (χ0) is 16.1. The Bertz CT molecular complexity index is 680. The first-order chi connectivity index (χ1) is 10.5. The molecule has 0 fully saturated rings. The van der Waals surface area contributed by atoms with Crippen LogP contribution in [-0.4, -0.2) is 26.4 Å². The molecule has 0 spiro atoms. The van der Waals surface area contributed by atoms with Gasteiger partial charge < -0.3 is 15.0 Å². The van der Waals surface area contributed by atoms with Crippen molar-refractivity contribution in [2.24, 2.45) is 5.73 Å². The van der Waals surface area contributed by atoms with E-state index in [-0.39, 0.29) is 17.4 Å². The molecular formula is C13H14ClFN4O2S. The van der Waals surface area contributed by atoms with Crippen molar-refractivity contribution in [1.82, 2.24) is 14.8 Å². The molecule has 22 heavy (non-hydrogen) atoms. The van der Waals surface area contributed by atoms with E-state index in [1.165, 1.54) is 30.0 Å². The number of amides is 1. The summed E-state index contributed by atoms with van der Waals surface area (Å²) in [5, 5.41) is 8.80. The number of carbonyl (C=O) groups excluding carboxylic acids is 1. The van der Waals surface area contributed by atoms with Crippen LogP contribution in [0.15, 0.2) is 23.4 Å². The second-order valence-corrected chi connectivity index (χ2v) is 5.61. The number of halogens is 2. The zero-order valence-electron chi connectivity index (χ0n) is 11.8. The van der Waals surface area contributed by atoms with Gasteiger partial charge in [0, 0.05) is 6.54 Å². The predicted octanol–water partition coefficient (Wildman–Crippen LogP) is 2.25. The third-order valence-corrected chi connectivity index (χ3v) is 3.99. The number of ether oxygens (including phenoxy) is 1. The van der Waals surface area contributed by atoms with Gasteiger partial charge in [-0.1, -0.05) is 23.4 Å². The summed E-state index contributed by atoms with van der Waals surface area (Å²) in [4.78, 5) is 10.8. The van der Waals surface area contributed by atoms with Crippen LogP contribution in [0, 0.1) is 5.82 Å². The van der Waals surface area contributed by atoms with E-state index in [0.29, 0.717) is 23.3 Å². The Hall–Kier alpha value is -1.80. The van der Waals surface area contributed by atoms with Crippen LogP contribution in [0.1, 0.15) is 12.7 Å². The summed E-state index contributed by atoms with van der Waals surface area (Å²) >= 11 is 7.11. The van der Waals surface area contributed by atoms with Gasteiger partial charge in [-0.05, 0) is 25.1 Å². The summed E-state index contributed by atoms with van der Waals surface area (Å²) in [6.07, 6.45) is 0. The van der Waals surface area contributed by atoms with Crippen molar-refractivity contribution in [2.45, 2.75) is 25.2 Å². The molecule has 0 aliphatic heterocycles. The van der Waals surface area contributed by atoms with Crippen LogP contribution in [0.25, 0.3) is 0 Å². The van der Waals surface area contributed by atoms with Crippen LogP contribution in [0.2, 0.25) is 5.02 Å². The molecule has 0 saturated carbocycles. The highest BCUT2D eigenvalue weighted by atomic mass is 35.5. The van der Waals surface area contributed by atoms with Gasteiger partial charge >= 0.3 is 0 Å². The lowest BCUT2D eigenvalue weighted by atomic mass is 10.3. The lowest BCUT2D eigenvalue weighted by Gasteiger charge is -2.09. The highest BCUT2D eigenvalue weighted by Crippen LogP contribution is 2.26. The molecule has 0 radical (unpaired) electrons. The molecule has 0 atom stereocenters. The molecule has 2 rings (SSSR count). The maximum atomic E-state index is 13.0. The van der Waals surface area contributed by atoms with E-state index in [0.717, 1.165) is 0 Å². The number of hydrogen-bond acceptors (Lipinski definition) is 5. The summed E-state index contributed by atoms with van der Waals surface area (Å²) in [6.45, 7) is 2.67. The molecule has 0 aliphatic rings. The van der Waals surface area contributed by atoms with Crippen molar-refractivity contribution in [3.8, 4) is 5.75 Å². The SMILES string of the molecule is CCn1c(COc2ccc(F)cc2Cl)nnc1SCC(N)=O. The second-order valence-electron chi connectivity index (χ2n) is 4.26. The lowest BCUT2D eigenvalue weighted by Crippen LogP contribution is -2.14. The molecule has 0 saturated heterocycles. The van der Waals surface area contributed by atoms with Gasteiger partial charge in [0.1, 0.15) is 18.2 Å². The summed E-state index contributed by atoms with van der Waals surface area (Å²) < 4.78 is 20.3. The minimum atomic E-state index is -0.431. The van der Waals surface area contributed by atoms with Crippen molar-refractivity contribution in [3.05, 3.63) is 34.9 Å². The minimum Gasteiger partial charge on any atom is -0.484 e. The second kappa shape index (κ2) is 7.46. The van der Waals surface area contributed by atoms with Gasteiger partial charge in [-0.3, -0.25) is 4.79 Å². The molecule has 9 heteroatoms. The minimum absolute atomic E-state index is 0.128.